The van der Waals surface area contributed by atoms with Crippen LogP contribution >= 0.6 is 49.9 Å². The maximum Gasteiger partial charge on any atom is 0.338 e. The highest BCUT2D eigenvalue weighted by molar-refractivity contribution is 14.1. The van der Waals surface area contributed by atoms with E-state index in [0.717, 1.165) is 4.47 Å². The molecule has 1 aliphatic heterocycles. The fraction of sp³-hybridized carbons (Fsp3) is 0.261. The van der Waals surface area contributed by atoms with Crippen molar-refractivity contribution in [1.82, 2.24) is 4.57 Å². The summed E-state index contributed by atoms with van der Waals surface area (Å²) in [5.74, 6) is 1.04. The smallest absolute Gasteiger partial charge is 0.338 e. The van der Waals surface area contributed by atoms with Gasteiger partial charge in [0.05, 0.1) is 41.1 Å². The minimum Gasteiger partial charge on any atom is -0.497 e. The Morgan fingerprint density at radius 3 is 2.71 bits per heavy atom. The number of benzene rings is 1. The molecule has 0 saturated carbocycles. The first-order valence-electron chi connectivity index (χ1n) is 10.2. The number of thiazole rings is 1. The Hall–Kier alpha value is -2.38. The Balaban J connectivity index is 2.02. The van der Waals surface area contributed by atoms with Gasteiger partial charge in [-0.25, -0.2) is 9.79 Å². The topological polar surface area (TPSA) is 92.3 Å². The number of aromatic nitrogens is 1. The lowest BCUT2D eigenvalue weighted by molar-refractivity contribution is -0.139. The van der Waals surface area contributed by atoms with Crippen molar-refractivity contribution in [2.24, 2.45) is 4.99 Å². The first-order valence-corrected chi connectivity index (χ1v) is 12.8. The van der Waals surface area contributed by atoms with Gasteiger partial charge in [0.1, 0.15) is 23.3 Å². The van der Waals surface area contributed by atoms with Gasteiger partial charge in [-0.3, -0.25) is 9.36 Å². The molecule has 3 heterocycles. The van der Waals surface area contributed by atoms with Gasteiger partial charge < -0.3 is 18.6 Å². The third-order valence-corrected chi connectivity index (χ3v) is 8.30. The number of hydrogen-bond donors (Lipinski definition) is 0. The standard InChI is InChI=1S/C23H20BrIN2O6S/c1-5-32-22(29)18-11(2)26-23-27(19(18)14-8-12(30-3)6-7-16(14)31-4)21(28)17(34-23)10-13-9-15(24)20(25)33-13/h6-10,19H,5H2,1-4H3/b17-10+/t19-/m0/s1. The average molecular weight is 659 g/mol. The monoisotopic (exact) mass is 658 g/mol. The summed E-state index contributed by atoms with van der Waals surface area (Å²) < 4.78 is 25.4. The number of furan rings is 1. The van der Waals surface area contributed by atoms with Crippen LogP contribution in [0.3, 0.4) is 0 Å². The molecule has 0 fully saturated rings. The van der Waals surface area contributed by atoms with Crippen LogP contribution in [-0.2, 0) is 9.53 Å². The second-order valence-electron chi connectivity index (χ2n) is 7.18. The number of esters is 1. The lowest BCUT2D eigenvalue weighted by Crippen LogP contribution is -2.40. The fourth-order valence-corrected chi connectivity index (χ4v) is 5.45. The van der Waals surface area contributed by atoms with Crippen molar-refractivity contribution in [3.8, 4) is 11.5 Å². The molecule has 2 aromatic heterocycles. The van der Waals surface area contributed by atoms with Crippen molar-refractivity contribution >= 4 is 61.9 Å². The molecule has 1 atom stereocenters. The van der Waals surface area contributed by atoms with E-state index in [1.165, 1.54) is 23.0 Å². The Bertz CT molecular complexity index is 1470. The number of ether oxygens (including phenoxy) is 3. The first-order chi connectivity index (χ1) is 16.3. The molecule has 1 aliphatic rings. The largest absolute Gasteiger partial charge is 0.497 e. The number of allylic oxidation sites excluding steroid dienone is 1. The second kappa shape index (κ2) is 10.1. The lowest BCUT2D eigenvalue weighted by Gasteiger charge is -2.26. The van der Waals surface area contributed by atoms with Crippen molar-refractivity contribution in [3.63, 3.8) is 0 Å². The Morgan fingerprint density at radius 2 is 2.09 bits per heavy atom. The first kappa shape index (κ1) is 24.7. The second-order valence-corrected chi connectivity index (χ2v) is 10.0. The van der Waals surface area contributed by atoms with Crippen LogP contribution < -0.4 is 24.4 Å². The van der Waals surface area contributed by atoms with E-state index in [1.54, 1.807) is 51.3 Å². The number of fused-ring (bicyclic) bond motifs is 1. The molecule has 1 aromatic carbocycles. The third kappa shape index (κ3) is 4.48. The molecule has 0 saturated heterocycles. The highest BCUT2D eigenvalue weighted by Gasteiger charge is 2.35. The maximum absolute atomic E-state index is 13.7. The summed E-state index contributed by atoms with van der Waals surface area (Å²) in [6.07, 6.45) is 1.67. The normalized spacial score (nSPS) is 15.7. The van der Waals surface area contributed by atoms with Gasteiger partial charge in [-0.15, -0.1) is 0 Å². The van der Waals surface area contributed by atoms with Crippen LogP contribution in [0.25, 0.3) is 6.08 Å². The van der Waals surface area contributed by atoms with Crippen LogP contribution in [-0.4, -0.2) is 31.4 Å². The van der Waals surface area contributed by atoms with E-state index in [1.807, 2.05) is 0 Å². The van der Waals surface area contributed by atoms with Gasteiger partial charge in [0.15, 0.2) is 8.57 Å². The van der Waals surface area contributed by atoms with Gasteiger partial charge in [0.2, 0.25) is 0 Å². The Kier molecular flexibility index (Phi) is 7.33. The minimum absolute atomic E-state index is 0.188. The van der Waals surface area contributed by atoms with E-state index in [4.69, 9.17) is 18.6 Å². The zero-order valence-electron chi connectivity index (χ0n) is 18.7. The molecular weight excluding hydrogens is 639 g/mol. The van der Waals surface area contributed by atoms with E-state index in [9.17, 15) is 9.59 Å². The Morgan fingerprint density at radius 1 is 1.32 bits per heavy atom. The van der Waals surface area contributed by atoms with Crippen molar-refractivity contribution in [1.29, 1.82) is 0 Å². The zero-order valence-corrected chi connectivity index (χ0v) is 23.2. The molecule has 3 aromatic rings. The van der Waals surface area contributed by atoms with E-state index in [2.05, 4.69) is 43.5 Å². The molecule has 0 spiro atoms. The van der Waals surface area contributed by atoms with E-state index < -0.39 is 12.0 Å². The molecule has 178 valence electrons. The summed E-state index contributed by atoms with van der Waals surface area (Å²) in [6.45, 7) is 3.65. The lowest BCUT2D eigenvalue weighted by atomic mass is 9.95. The van der Waals surface area contributed by atoms with E-state index in [-0.39, 0.29) is 17.7 Å². The van der Waals surface area contributed by atoms with Crippen molar-refractivity contribution in [2.45, 2.75) is 19.9 Å². The number of hydrogen-bond acceptors (Lipinski definition) is 8. The van der Waals surface area contributed by atoms with Crippen LogP contribution in [0.4, 0.5) is 0 Å². The molecule has 34 heavy (non-hydrogen) atoms. The predicted molar refractivity (Wildman–Crippen MR) is 139 cm³/mol. The van der Waals surface area contributed by atoms with Gasteiger partial charge in [0, 0.05) is 34.2 Å². The SMILES string of the molecule is CCOC(=O)C1=C(C)N=c2s/c(=C/c3cc(Br)c(I)o3)c(=O)n2[C@H]1c1cc(OC)ccc1OC. The molecular formula is C23H20BrIN2O6S. The van der Waals surface area contributed by atoms with Crippen molar-refractivity contribution in [2.75, 3.05) is 20.8 Å². The predicted octanol–water partition coefficient (Wildman–Crippen LogP) is 3.78. The van der Waals surface area contributed by atoms with E-state index in [0.29, 0.717) is 41.6 Å². The number of rotatable bonds is 6. The third-order valence-electron chi connectivity index (χ3n) is 5.19. The molecule has 0 aliphatic carbocycles. The number of nitrogens with zero attached hydrogens (tertiary/aromatic N) is 2. The quantitative estimate of drug-likeness (QED) is 0.296. The number of methoxy groups -OCH3 is 2. The number of halogens is 2. The molecule has 0 unspecified atom stereocenters. The molecule has 4 rings (SSSR count). The van der Waals surface area contributed by atoms with Crippen LogP contribution in [0, 0.1) is 3.77 Å². The molecule has 0 bridgehead atoms. The molecule has 8 nitrogen and oxygen atoms in total. The van der Waals surface area contributed by atoms with Gasteiger partial charge in [0.25, 0.3) is 5.56 Å². The summed E-state index contributed by atoms with van der Waals surface area (Å²) in [4.78, 5) is 31.7. The van der Waals surface area contributed by atoms with Gasteiger partial charge in [-0.1, -0.05) is 11.3 Å². The van der Waals surface area contributed by atoms with Crippen LogP contribution in [0.15, 0.2) is 54.2 Å². The average Bonchev–Trinajstić information content (AvgIpc) is 3.29. The molecule has 0 N–H and O–H groups in total. The molecule has 0 radical (unpaired) electrons. The van der Waals surface area contributed by atoms with Gasteiger partial charge >= 0.3 is 5.97 Å². The van der Waals surface area contributed by atoms with Crippen LogP contribution in [0.1, 0.15) is 31.2 Å². The summed E-state index contributed by atoms with van der Waals surface area (Å²) in [5.41, 5.74) is 1.01. The summed E-state index contributed by atoms with van der Waals surface area (Å²) in [6, 6.07) is 6.22. The van der Waals surface area contributed by atoms with Crippen LogP contribution in [0.2, 0.25) is 0 Å². The molecule has 11 heteroatoms. The van der Waals surface area contributed by atoms with Crippen molar-refractivity contribution in [3.05, 3.63) is 74.8 Å². The maximum atomic E-state index is 13.7. The summed E-state index contributed by atoms with van der Waals surface area (Å²) >= 11 is 6.70. The highest BCUT2D eigenvalue weighted by atomic mass is 127. The van der Waals surface area contributed by atoms with Gasteiger partial charge in [-0.05, 0) is 54.0 Å². The molecule has 0 amide bonds. The van der Waals surface area contributed by atoms with Crippen LogP contribution in [0.5, 0.6) is 11.5 Å². The minimum atomic E-state index is -0.814. The summed E-state index contributed by atoms with van der Waals surface area (Å²) in [7, 11) is 3.08. The number of carbonyl (C=O) groups excluding carboxylic acids is 1. The highest BCUT2D eigenvalue weighted by Crippen LogP contribution is 2.37. The Labute approximate surface area is 220 Å². The van der Waals surface area contributed by atoms with Crippen molar-refractivity contribution < 1.29 is 23.4 Å². The summed E-state index contributed by atoms with van der Waals surface area (Å²) in [5, 5.41) is 0. The number of carbonyl (C=O) groups is 1. The van der Waals surface area contributed by atoms with E-state index >= 15 is 0 Å². The van der Waals surface area contributed by atoms with Gasteiger partial charge in [-0.2, -0.15) is 0 Å². The fourth-order valence-electron chi connectivity index (χ4n) is 3.70. The zero-order chi connectivity index (χ0) is 24.6.